The first-order valence-corrected chi connectivity index (χ1v) is 11.7. The minimum absolute atomic E-state index is 0.00287. The van der Waals surface area contributed by atoms with Crippen molar-refractivity contribution in [1.29, 1.82) is 0 Å². The first kappa shape index (κ1) is 21.5. The van der Waals surface area contributed by atoms with Crippen LogP contribution < -0.4 is 19.6 Å². The molecule has 4 heterocycles. The van der Waals surface area contributed by atoms with Crippen LogP contribution in [0.2, 0.25) is 0 Å². The summed E-state index contributed by atoms with van der Waals surface area (Å²) in [5.41, 5.74) is 6.08. The van der Waals surface area contributed by atoms with Crippen LogP contribution in [0.3, 0.4) is 0 Å². The monoisotopic (exact) mass is 474 g/mol. The van der Waals surface area contributed by atoms with Crippen LogP contribution >= 0.6 is 0 Å². The molecule has 35 heavy (non-hydrogen) atoms. The lowest BCUT2D eigenvalue weighted by molar-refractivity contribution is -0.135. The zero-order chi connectivity index (χ0) is 23.9. The summed E-state index contributed by atoms with van der Waals surface area (Å²) in [7, 11) is 0. The van der Waals surface area contributed by atoms with E-state index in [1.807, 2.05) is 67.5 Å². The summed E-state index contributed by atoms with van der Waals surface area (Å²) >= 11 is 0. The van der Waals surface area contributed by atoms with E-state index in [-0.39, 0.29) is 24.8 Å². The Bertz CT molecular complexity index is 1290. The lowest BCUT2D eigenvalue weighted by atomic mass is 10.0. The van der Waals surface area contributed by atoms with Crippen molar-refractivity contribution < 1.29 is 23.4 Å². The lowest BCUT2D eigenvalue weighted by Crippen LogP contribution is -2.47. The van der Waals surface area contributed by atoms with E-state index in [0.29, 0.717) is 31.2 Å². The number of aromatic nitrogens is 1. The Kier molecular flexibility index (Phi) is 5.33. The molecule has 0 spiro atoms. The van der Waals surface area contributed by atoms with Gasteiger partial charge in [-0.05, 0) is 62.2 Å². The Hall–Kier alpha value is -3.98. The van der Waals surface area contributed by atoms with Crippen molar-refractivity contribution in [2.75, 3.05) is 13.4 Å². The van der Waals surface area contributed by atoms with Gasteiger partial charge in [0.25, 0.3) is 5.91 Å². The topological polar surface area (TPSA) is 89.3 Å². The van der Waals surface area contributed by atoms with Crippen LogP contribution in [0.1, 0.15) is 36.4 Å². The predicted molar refractivity (Wildman–Crippen MR) is 126 cm³/mol. The third-order valence-corrected chi connectivity index (χ3v) is 6.50. The van der Waals surface area contributed by atoms with E-state index in [4.69, 9.17) is 18.6 Å². The van der Waals surface area contributed by atoms with Crippen LogP contribution in [0.25, 0.3) is 11.5 Å². The molecular weight excluding hydrogens is 448 g/mol. The van der Waals surface area contributed by atoms with E-state index < -0.39 is 0 Å². The van der Waals surface area contributed by atoms with Crippen molar-refractivity contribution in [3.05, 3.63) is 71.9 Å². The Labute approximate surface area is 202 Å². The Morgan fingerprint density at radius 3 is 2.77 bits per heavy atom. The number of hydrogen-bond acceptors (Lipinski definition) is 8. The minimum atomic E-state index is -0.298. The molecule has 0 aliphatic carbocycles. The molecule has 1 saturated heterocycles. The minimum Gasteiger partial charge on any atom is -0.494 e. The molecule has 9 nitrogen and oxygen atoms in total. The van der Waals surface area contributed by atoms with Crippen LogP contribution in [-0.4, -0.2) is 40.2 Å². The van der Waals surface area contributed by atoms with E-state index in [1.165, 1.54) is 0 Å². The fraction of sp³-hybridized carbons (Fsp3) is 0.308. The Morgan fingerprint density at radius 1 is 1.11 bits per heavy atom. The van der Waals surface area contributed by atoms with Gasteiger partial charge in [0, 0.05) is 18.0 Å². The van der Waals surface area contributed by atoms with Gasteiger partial charge < -0.3 is 28.5 Å². The highest BCUT2D eigenvalue weighted by Crippen LogP contribution is 2.38. The van der Waals surface area contributed by atoms with Gasteiger partial charge in [0.2, 0.25) is 12.7 Å². The molecule has 1 N–H and O–H groups in total. The van der Waals surface area contributed by atoms with Gasteiger partial charge in [0.05, 0.1) is 19.2 Å². The van der Waals surface area contributed by atoms with Crippen molar-refractivity contribution in [1.82, 2.24) is 20.3 Å². The number of oxazole rings is 1. The molecule has 6 rings (SSSR count). The molecule has 3 aliphatic heterocycles. The van der Waals surface area contributed by atoms with Crippen LogP contribution in [0.15, 0.2) is 59.3 Å². The highest BCUT2D eigenvalue weighted by atomic mass is 16.7. The van der Waals surface area contributed by atoms with E-state index in [0.717, 1.165) is 34.1 Å². The summed E-state index contributed by atoms with van der Waals surface area (Å²) in [4.78, 5) is 19.7. The molecule has 9 heteroatoms. The van der Waals surface area contributed by atoms with Crippen LogP contribution in [0.4, 0.5) is 0 Å². The molecule has 1 amide bonds. The number of aryl methyl sites for hydroxylation is 1. The van der Waals surface area contributed by atoms with Gasteiger partial charge >= 0.3 is 0 Å². The third kappa shape index (κ3) is 3.97. The molecule has 0 radical (unpaired) electrons. The average molecular weight is 475 g/mol. The highest BCUT2D eigenvalue weighted by molar-refractivity contribution is 5.84. The number of carbonyl (C=O) groups is 1. The summed E-state index contributed by atoms with van der Waals surface area (Å²) in [6, 6.07) is 13.2. The summed E-state index contributed by atoms with van der Waals surface area (Å²) in [6.45, 7) is 5.03. The van der Waals surface area contributed by atoms with Crippen LogP contribution in [-0.2, 0) is 11.3 Å². The maximum absolute atomic E-state index is 13.3. The van der Waals surface area contributed by atoms with Gasteiger partial charge in [-0.15, -0.1) is 0 Å². The maximum atomic E-state index is 13.3. The van der Waals surface area contributed by atoms with Gasteiger partial charge in [0.1, 0.15) is 23.2 Å². The predicted octanol–water partition coefficient (Wildman–Crippen LogP) is 3.91. The lowest BCUT2D eigenvalue weighted by Gasteiger charge is -2.31. The standard InChI is InChI=1S/C26H26N4O5/c1-3-32-19-7-4-17(5-8-19)25-27-21(16(2)35-25)14-29-10-11-30-22(26(29)31)13-20(28-30)18-6-9-23-24(12-18)34-15-33-23/h4-12,20,22,28H,3,13-15H2,1-2H3. The molecule has 3 aliphatic rings. The maximum Gasteiger partial charge on any atom is 0.251 e. The number of rotatable bonds is 6. The number of hydrogen-bond donors (Lipinski definition) is 1. The highest BCUT2D eigenvalue weighted by Gasteiger charge is 2.40. The van der Waals surface area contributed by atoms with Crippen LogP contribution in [0, 0.1) is 6.92 Å². The molecule has 180 valence electrons. The normalized spacial score (nSPS) is 20.5. The van der Waals surface area contributed by atoms with Gasteiger partial charge in [-0.2, -0.15) is 0 Å². The number of hydrazine groups is 1. The molecule has 0 saturated carbocycles. The second-order valence-corrected chi connectivity index (χ2v) is 8.70. The van der Waals surface area contributed by atoms with Gasteiger partial charge in [0.15, 0.2) is 11.5 Å². The number of benzene rings is 2. The fourth-order valence-corrected chi connectivity index (χ4v) is 4.63. The molecule has 3 aromatic rings. The third-order valence-electron chi connectivity index (χ3n) is 6.50. The number of fused-ring (bicyclic) bond motifs is 2. The van der Waals surface area contributed by atoms with E-state index in [2.05, 4.69) is 10.4 Å². The molecule has 1 fully saturated rings. The fourth-order valence-electron chi connectivity index (χ4n) is 4.63. The number of ether oxygens (including phenoxy) is 3. The van der Waals surface area contributed by atoms with Crippen molar-refractivity contribution >= 4 is 5.91 Å². The molecule has 2 atom stereocenters. The van der Waals surface area contributed by atoms with E-state index in [1.54, 1.807) is 11.1 Å². The van der Waals surface area contributed by atoms with Gasteiger partial charge in [-0.25, -0.2) is 10.4 Å². The number of nitrogens with zero attached hydrogens (tertiary/aromatic N) is 3. The van der Waals surface area contributed by atoms with Crippen LogP contribution in [0.5, 0.6) is 17.2 Å². The summed E-state index contributed by atoms with van der Waals surface area (Å²) in [5.74, 6) is 3.54. The summed E-state index contributed by atoms with van der Waals surface area (Å²) in [6.07, 6.45) is 4.34. The first-order valence-electron chi connectivity index (χ1n) is 11.7. The molecule has 0 bridgehead atoms. The van der Waals surface area contributed by atoms with E-state index >= 15 is 0 Å². The molecular formula is C26H26N4O5. The SMILES string of the molecule is CCOc1ccc(-c2nc(CN3C=CN4NC(c5ccc6c(c5)OCO6)CC4C3=O)c(C)o2)cc1. The van der Waals surface area contributed by atoms with E-state index in [9.17, 15) is 4.79 Å². The smallest absolute Gasteiger partial charge is 0.251 e. The second kappa shape index (κ2) is 8.66. The average Bonchev–Trinajstić information content (AvgIpc) is 3.60. The Balaban J connectivity index is 1.15. The van der Waals surface area contributed by atoms with Crippen molar-refractivity contribution in [3.8, 4) is 28.7 Å². The van der Waals surface area contributed by atoms with Gasteiger partial charge in [-0.3, -0.25) is 4.79 Å². The van der Waals surface area contributed by atoms with Crippen molar-refractivity contribution in [3.63, 3.8) is 0 Å². The molecule has 2 aromatic carbocycles. The number of amides is 1. The van der Waals surface area contributed by atoms with Crippen molar-refractivity contribution in [2.24, 2.45) is 0 Å². The van der Waals surface area contributed by atoms with Gasteiger partial charge in [-0.1, -0.05) is 6.07 Å². The zero-order valence-electron chi connectivity index (χ0n) is 19.6. The quantitative estimate of drug-likeness (QED) is 0.575. The second-order valence-electron chi connectivity index (χ2n) is 8.70. The largest absolute Gasteiger partial charge is 0.494 e. The molecule has 2 unspecified atom stereocenters. The molecule has 1 aromatic heterocycles. The van der Waals surface area contributed by atoms with Crippen molar-refractivity contribution in [2.45, 2.75) is 38.9 Å². The summed E-state index contributed by atoms with van der Waals surface area (Å²) in [5, 5.41) is 1.88. The Morgan fingerprint density at radius 2 is 1.94 bits per heavy atom. The summed E-state index contributed by atoms with van der Waals surface area (Å²) < 4.78 is 22.3. The zero-order valence-corrected chi connectivity index (χ0v) is 19.6. The first-order chi connectivity index (χ1) is 17.1. The number of nitrogens with one attached hydrogen (secondary N) is 1. The number of carbonyl (C=O) groups excluding carboxylic acids is 1.